The van der Waals surface area contributed by atoms with Crippen LogP contribution in [0.25, 0.3) is 0 Å². The van der Waals surface area contributed by atoms with Crippen LogP contribution in [-0.2, 0) is 0 Å². The van der Waals surface area contributed by atoms with E-state index in [1.165, 1.54) is 37.9 Å². The molecule has 2 rings (SSSR count). The van der Waals surface area contributed by atoms with Gasteiger partial charge < -0.3 is 5.32 Å². The van der Waals surface area contributed by atoms with Crippen LogP contribution in [0.1, 0.15) is 32.1 Å². The van der Waals surface area contributed by atoms with Crippen LogP contribution >= 0.6 is 0 Å². The monoisotopic (exact) mass is 152 g/mol. The highest BCUT2D eigenvalue weighted by molar-refractivity contribution is 5.83. The molecular weight excluding hydrogens is 136 g/mol. The van der Waals surface area contributed by atoms with Gasteiger partial charge in [-0.1, -0.05) is 25.7 Å². The van der Waals surface area contributed by atoms with Crippen molar-refractivity contribution in [2.45, 2.75) is 32.1 Å². The fourth-order valence-corrected chi connectivity index (χ4v) is 2.07. The summed E-state index contributed by atoms with van der Waals surface area (Å²) in [5.41, 5.74) is 0. The van der Waals surface area contributed by atoms with Gasteiger partial charge in [-0.15, -0.1) is 0 Å². The molecule has 1 aliphatic carbocycles. The van der Waals surface area contributed by atoms with Crippen molar-refractivity contribution in [2.24, 2.45) is 10.9 Å². The standard InChI is InChI=1S/C9H16N2/c1-2-4-8(3-1)7-9-10-5-6-11-9/h8H,1-7H2,(H,10,11). The van der Waals surface area contributed by atoms with E-state index in [1.54, 1.807) is 0 Å². The lowest BCUT2D eigenvalue weighted by Crippen LogP contribution is -2.20. The summed E-state index contributed by atoms with van der Waals surface area (Å²) in [5.74, 6) is 2.22. The van der Waals surface area contributed by atoms with Crippen LogP contribution < -0.4 is 5.32 Å². The maximum absolute atomic E-state index is 4.40. The minimum Gasteiger partial charge on any atom is -0.372 e. The van der Waals surface area contributed by atoms with E-state index in [1.807, 2.05) is 0 Å². The summed E-state index contributed by atoms with van der Waals surface area (Å²) in [6.45, 7) is 2.07. The van der Waals surface area contributed by atoms with Crippen LogP contribution in [0.2, 0.25) is 0 Å². The first-order valence-corrected chi connectivity index (χ1v) is 4.72. The Morgan fingerprint density at radius 2 is 2.18 bits per heavy atom. The lowest BCUT2D eigenvalue weighted by Gasteiger charge is -2.07. The number of aliphatic imine (C=N–C) groups is 1. The number of nitrogens with one attached hydrogen (secondary N) is 1. The molecule has 1 aliphatic heterocycles. The first-order chi connectivity index (χ1) is 5.45. The van der Waals surface area contributed by atoms with Crippen LogP contribution in [0.4, 0.5) is 0 Å². The third-order valence-corrected chi connectivity index (χ3v) is 2.70. The summed E-state index contributed by atoms with van der Waals surface area (Å²) in [5, 5.41) is 3.33. The average Bonchev–Trinajstić information content (AvgIpc) is 2.60. The van der Waals surface area contributed by atoms with Crippen molar-refractivity contribution >= 4 is 5.84 Å². The first-order valence-electron chi connectivity index (χ1n) is 4.72. The molecule has 0 saturated heterocycles. The predicted octanol–water partition coefficient (Wildman–Crippen LogP) is 1.57. The van der Waals surface area contributed by atoms with Gasteiger partial charge in [0.2, 0.25) is 0 Å². The fourth-order valence-electron chi connectivity index (χ4n) is 2.07. The van der Waals surface area contributed by atoms with Crippen LogP contribution in [0, 0.1) is 5.92 Å². The molecule has 0 atom stereocenters. The number of hydrogen-bond acceptors (Lipinski definition) is 2. The summed E-state index contributed by atoms with van der Waals surface area (Å²) < 4.78 is 0. The Labute approximate surface area is 68.1 Å². The zero-order chi connectivity index (χ0) is 7.52. The molecule has 2 nitrogen and oxygen atoms in total. The summed E-state index contributed by atoms with van der Waals surface area (Å²) in [4.78, 5) is 4.40. The van der Waals surface area contributed by atoms with Crippen molar-refractivity contribution < 1.29 is 0 Å². The van der Waals surface area contributed by atoms with Crippen molar-refractivity contribution in [1.82, 2.24) is 5.32 Å². The Hall–Kier alpha value is -0.530. The van der Waals surface area contributed by atoms with Crippen LogP contribution in [0.5, 0.6) is 0 Å². The Balaban J connectivity index is 1.79. The van der Waals surface area contributed by atoms with Gasteiger partial charge in [0.15, 0.2) is 0 Å². The maximum atomic E-state index is 4.40. The van der Waals surface area contributed by atoms with Gasteiger partial charge in [-0.2, -0.15) is 0 Å². The summed E-state index contributed by atoms with van der Waals surface area (Å²) >= 11 is 0. The highest BCUT2D eigenvalue weighted by atomic mass is 15.1. The second-order valence-electron chi connectivity index (χ2n) is 3.61. The van der Waals surface area contributed by atoms with Crippen LogP contribution in [0.15, 0.2) is 4.99 Å². The Bertz CT molecular complexity index is 157. The molecule has 1 saturated carbocycles. The molecule has 0 radical (unpaired) electrons. The molecule has 1 heterocycles. The third kappa shape index (κ3) is 1.73. The van der Waals surface area contributed by atoms with Gasteiger partial charge in [0, 0.05) is 13.0 Å². The second-order valence-corrected chi connectivity index (χ2v) is 3.61. The number of hydrogen-bond donors (Lipinski definition) is 1. The van der Waals surface area contributed by atoms with Gasteiger partial charge in [-0.05, 0) is 5.92 Å². The van der Waals surface area contributed by atoms with Gasteiger partial charge in [-0.25, -0.2) is 0 Å². The van der Waals surface area contributed by atoms with Crippen molar-refractivity contribution in [3.8, 4) is 0 Å². The predicted molar refractivity (Wildman–Crippen MR) is 46.9 cm³/mol. The summed E-state index contributed by atoms with van der Waals surface area (Å²) in [7, 11) is 0. The molecule has 0 bridgehead atoms. The lowest BCUT2D eigenvalue weighted by atomic mass is 10.0. The van der Waals surface area contributed by atoms with E-state index in [0.29, 0.717) is 0 Å². The molecule has 2 aliphatic rings. The van der Waals surface area contributed by atoms with E-state index < -0.39 is 0 Å². The highest BCUT2D eigenvalue weighted by Gasteiger charge is 2.18. The van der Waals surface area contributed by atoms with E-state index >= 15 is 0 Å². The lowest BCUT2D eigenvalue weighted by molar-refractivity contribution is 0.568. The highest BCUT2D eigenvalue weighted by Crippen LogP contribution is 2.27. The molecule has 1 fully saturated rings. The van der Waals surface area contributed by atoms with Gasteiger partial charge in [0.1, 0.15) is 0 Å². The molecule has 0 aromatic carbocycles. The molecule has 0 aromatic heterocycles. The van der Waals surface area contributed by atoms with Gasteiger partial charge in [0.05, 0.1) is 12.4 Å². The number of rotatable bonds is 2. The molecule has 0 spiro atoms. The maximum Gasteiger partial charge on any atom is 0.0967 e. The second kappa shape index (κ2) is 3.24. The van der Waals surface area contributed by atoms with Crippen LogP contribution in [-0.4, -0.2) is 18.9 Å². The van der Waals surface area contributed by atoms with Crippen molar-refractivity contribution in [3.05, 3.63) is 0 Å². The SMILES string of the molecule is C1CCC(CC2=NCCN2)C1. The third-order valence-electron chi connectivity index (χ3n) is 2.70. The summed E-state index contributed by atoms with van der Waals surface area (Å²) in [6, 6.07) is 0. The smallest absolute Gasteiger partial charge is 0.0967 e. The zero-order valence-electron chi connectivity index (χ0n) is 6.97. The average molecular weight is 152 g/mol. The van der Waals surface area contributed by atoms with E-state index in [2.05, 4.69) is 10.3 Å². The van der Waals surface area contributed by atoms with Gasteiger partial charge in [0.25, 0.3) is 0 Å². The quantitative estimate of drug-likeness (QED) is 0.638. The van der Waals surface area contributed by atoms with Crippen LogP contribution in [0.3, 0.4) is 0 Å². The van der Waals surface area contributed by atoms with E-state index in [9.17, 15) is 0 Å². The normalized spacial score (nSPS) is 25.3. The molecular formula is C9H16N2. The molecule has 1 N–H and O–H groups in total. The van der Waals surface area contributed by atoms with Crippen molar-refractivity contribution in [2.75, 3.05) is 13.1 Å². The fraction of sp³-hybridized carbons (Fsp3) is 0.889. The van der Waals surface area contributed by atoms with E-state index in [4.69, 9.17) is 0 Å². The van der Waals surface area contributed by atoms with E-state index in [0.717, 1.165) is 19.0 Å². The minimum atomic E-state index is 0.944. The van der Waals surface area contributed by atoms with Crippen molar-refractivity contribution in [3.63, 3.8) is 0 Å². The van der Waals surface area contributed by atoms with E-state index in [-0.39, 0.29) is 0 Å². The molecule has 0 amide bonds. The molecule has 62 valence electrons. The zero-order valence-corrected chi connectivity index (χ0v) is 6.97. The number of nitrogens with zero attached hydrogens (tertiary/aromatic N) is 1. The van der Waals surface area contributed by atoms with Gasteiger partial charge >= 0.3 is 0 Å². The Morgan fingerprint density at radius 3 is 2.82 bits per heavy atom. The van der Waals surface area contributed by atoms with Crippen molar-refractivity contribution in [1.29, 1.82) is 0 Å². The molecule has 0 unspecified atom stereocenters. The Morgan fingerprint density at radius 1 is 1.36 bits per heavy atom. The number of amidine groups is 1. The first kappa shape index (κ1) is 7.14. The topological polar surface area (TPSA) is 24.4 Å². The largest absolute Gasteiger partial charge is 0.372 e. The minimum absolute atomic E-state index is 0.944. The molecule has 2 heteroatoms. The molecule has 11 heavy (non-hydrogen) atoms. The van der Waals surface area contributed by atoms with Gasteiger partial charge in [-0.3, -0.25) is 4.99 Å². The summed E-state index contributed by atoms with van der Waals surface area (Å²) in [6.07, 6.45) is 6.97. The Kier molecular flexibility index (Phi) is 2.11. The molecule has 0 aromatic rings.